The molecule has 0 amide bonds. The Morgan fingerprint density at radius 2 is 1.82 bits per heavy atom. The van der Waals surface area contributed by atoms with Crippen LogP contribution in [-0.2, 0) is 19.1 Å². The summed E-state index contributed by atoms with van der Waals surface area (Å²) in [5.41, 5.74) is 0. The van der Waals surface area contributed by atoms with Crippen molar-refractivity contribution in [2.24, 2.45) is 5.92 Å². The number of carbonyl (C=O) groups is 1. The number of hydrogen-bond acceptors (Lipinski definition) is 4. The highest BCUT2D eigenvalue weighted by atomic mass is 32.2. The van der Waals surface area contributed by atoms with Gasteiger partial charge >= 0.3 is 0 Å². The lowest BCUT2D eigenvalue weighted by molar-refractivity contribution is -0.115. The molecule has 0 saturated heterocycles. The lowest BCUT2D eigenvalue weighted by atomic mass is 10.1. The lowest BCUT2D eigenvalue weighted by Crippen LogP contribution is -2.24. The van der Waals surface area contributed by atoms with E-state index in [0.717, 1.165) is 6.26 Å². The first-order valence-electron chi connectivity index (χ1n) is 3.20. The third-order valence-corrected chi connectivity index (χ3v) is 1.65. The second-order valence-electron chi connectivity index (χ2n) is 2.65. The molecule has 0 aromatic rings. The van der Waals surface area contributed by atoms with Crippen LogP contribution in [0.2, 0.25) is 0 Å². The van der Waals surface area contributed by atoms with Crippen LogP contribution in [0.3, 0.4) is 0 Å². The van der Waals surface area contributed by atoms with Gasteiger partial charge in [0.15, 0.2) is 6.29 Å². The van der Waals surface area contributed by atoms with Crippen LogP contribution in [0.1, 0.15) is 13.8 Å². The molecule has 1 unspecified atom stereocenters. The number of aldehydes is 1. The van der Waals surface area contributed by atoms with Crippen molar-refractivity contribution < 1.29 is 17.4 Å². The van der Waals surface area contributed by atoms with E-state index in [1.807, 2.05) is 0 Å². The molecule has 0 aliphatic rings. The molecule has 0 saturated carbocycles. The monoisotopic (exact) mass is 180 g/mol. The van der Waals surface area contributed by atoms with E-state index in [4.69, 9.17) is 0 Å². The Balaban J connectivity index is 4.22. The van der Waals surface area contributed by atoms with E-state index in [0.29, 0.717) is 6.29 Å². The van der Waals surface area contributed by atoms with Crippen molar-refractivity contribution in [3.63, 3.8) is 0 Å². The zero-order chi connectivity index (χ0) is 9.07. The fourth-order valence-corrected chi connectivity index (χ4v) is 1.16. The lowest BCUT2D eigenvalue weighted by Gasteiger charge is -2.12. The smallest absolute Gasteiger partial charge is 0.265 e. The van der Waals surface area contributed by atoms with E-state index >= 15 is 0 Å². The summed E-state index contributed by atoms with van der Waals surface area (Å²) in [6, 6.07) is 0. The van der Waals surface area contributed by atoms with E-state index in [9.17, 15) is 13.2 Å². The molecular weight excluding hydrogens is 168 g/mol. The van der Waals surface area contributed by atoms with Gasteiger partial charge in [0.25, 0.3) is 10.1 Å². The first-order chi connectivity index (χ1) is 4.87. The van der Waals surface area contributed by atoms with Gasteiger partial charge in [-0.3, -0.25) is 4.18 Å². The quantitative estimate of drug-likeness (QED) is 0.457. The average Bonchev–Trinajstić information content (AvgIpc) is 1.80. The van der Waals surface area contributed by atoms with Crippen LogP contribution >= 0.6 is 0 Å². The predicted octanol–water partition coefficient (Wildman–Crippen LogP) is 0.186. The van der Waals surface area contributed by atoms with Gasteiger partial charge in [0.05, 0.1) is 6.26 Å². The Labute approximate surface area is 66.7 Å². The van der Waals surface area contributed by atoms with Gasteiger partial charge in [-0.25, -0.2) is 0 Å². The van der Waals surface area contributed by atoms with Gasteiger partial charge < -0.3 is 4.79 Å². The molecule has 0 heterocycles. The molecule has 5 heteroatoms. The van der Waals surface area contributed by atoms with Crippen LogP contribution < -0.4 is 0 Å². The Kier molecular flexibility index (Phi) is 3.68. The third-order valence-electron chi connectivity index (χ3n) is 1.08. The maximum absolute atomic E-state index is 10.5. The maximum atomic E-state index is 10.5. The van der Waals surface area contributed by atoms with Crippen LogP contribution in [0.15, 0.2) is 0 Å². The zero-order valence-corrected chi connectivity index (χ0v) is 7.59. The predicted molar refractivity (Wildman–Crippen MR) is 40.6 cm³/mol. The molecule has 0 fully saturated rings. The first kappa shape index (κ1) is 10.6. The average molecular weight is 180 g/mol. The van der Waals surface area contributed by atoms with Gasteiger partial charge in [-0.15, -0.1) is 0 Å². The van der Waals surface area contributed by atoms with Crippen molar-refractivity contribution in [2.75, 3.05) is 6.26 Å². The van der Waals surface area contributed by atoms with Crippen LogP contribution in [0.5, 0.6) is 0 Å². The van der Waals surface area contributed by atoms with E-state index in [-0.39, 0.29) is 5.92 Å². The SMILES string of the molecule is CC(C)C(C=O)OS(C)(=O)=O. The Hall–Kier alpha value is -0.420. The van der Waals surface area contributed by atoms with Gasteiger partial charge in [0, 0.05) is 0 Å². The van der Waals surface area contributed by atoms with E-state index in [1.165, 1.54) is 0 Å². The van der Waals surface area contributed by atoms with E-state index < -0.39 is 16.2 Å². The van der Waals surface area contributed by atoms with Gasteiger partial charge in [-0.2, -0.15) is 8.42 Å². The highest BCUT2D eigenvalue weighted by molar-refractivity contribution is 7.86. The summed E-state index contributed by atoms with van der Waals surface area (Å²) >= 11 is 0. The molecule has 0 aliphatic heterocycles. The summed E-state index contributed by atoms with van der Waals surface area (Å²) < 4.78 is 25.5. The second kappa shape index (κ2) is 3.82. The molecule has 0 aliphatic carbocycles. The van der Waals surface area contributed by atoms with Gasteiger partial charge in [0.1, 0.15) is 6.10 Å². The third kappa shape index (κ3) is 4.92. The Bertz CT molecular complexity index is 217. The van der Waals surface area contributed by atoms with Crippen molar-refractivity contribution in [1.29, 1.82) is 0 Å². The molecule has 1 atom stereocenters. The van der Waals surface area contributed by atoms with Gasteiger partial charge in [0.2, 0.25) is 0 Å². The highest BCUT2D eigenvalue weighted by Crippen LogP contribution is 2.06. The molecule has 0 bridgehead atoms. The summed E-state index contributed by atoms with van der Waals surface area (Å²) in [6.45, 7) is 3.43. The van der Waals surface area contributed by atoms with Crippen molar-refractivity contribution in [1.82, 2.24) is 0 Å². The van der Waals surface area contributed by atoms with Crippen LogP contribution in [0.4, 0.5) is 0 Å². The summed E-state index contributed by atoms with van der Waals surface area (Å²) in [5, 5.41) is 0. The number of rotatable bonds is 4. The molecule has 66 valence electrons. The van der Waals surface area contributed by atoms with Gasteiger partial charge in [-0.05, 0) is 5.92 Å². The summed E-state index contributed by atoms with van der Waals surface area (Å²) in [7, 11) is -3.51. The van der Waals surface area contributed by atoms with Crippen LogP contribution in [0, 0.1) is 5.92 Å². The largest absolute Gasteiger partial charge is 0.300 e. The maximum Gasteiger partial charge on any atom is 0.265 e. The van der Waals surface area contributed by atoms with Crippen molar-refractivity contribution in [3.05, 3.63) is 0 Å². The standard InChI is InChI=1S/C6H12O4S/c1-5(2)6(4-7)10-11(3,8)9/h4-6H,1-3H3. The molecule has 0 aromatic heterocycles. The van der Waals surface area contributed by atoms with Crippen LogP contribution in [-0.4, -0.2) is 27.1 Å². The molecular formula is C6H12O4S. The molecule has 0 radical (unpaired) electrons. The van der Waals surface area contributed by atoms with Crippen LogP contribution in [0.25, 0.3) is 0 Å². The minimum Gasteiger partial charge on any atom is -0.300 e. The highest BCUT2D eigenvalue weighted by Gasteiger charge is 2.17. The molecule has 0 rings (SSSR count). The summed E-state index contributed by atoms with van der Waals surface area (Å²) in [5.74, 6) is -0.123. The summed E-state index contributed by atoms with van der Waals surface area (Å²) in [6.07, 6.45) is 0.558. The fourth-order valence-electron chi connectivity index (χ4n) is 0.493. The minimum atomic E-state index is -3.51. The fraction of sp³-hybridized carbons (Fsp3) is 0.833. The Morgan fingerprint density at radius 3 is 1.91 bits per heavy atom. The normalized spacial score (nSPS) is 14.9. The van der Waals surface area contributed by atoms with E-state index in [1.54, 1.807) is 13.8 Å². The second-order valence-corrected chi connectivity index (χ2v) is 4.25. The zero-order valence-electron chi connectivity index (χ0n) is 6.77. The molecule has 4 nitrogen and oxygen atoms in total. The number of carbonyl (C=O) groups excluding carboxylic acids is 1. The number of hydrogen-bond donors (Lipinski definition) is 0. The van der Waals surface area contributed by atoms with Crippen molar-refractivity contribution in [2.45, 2.75) is 20.0 Å². The van der Waals surface area contributed by atoms with Crippen molar-refractivity contribution in [3.8, 4) is 0 Å². The van der Waals surface area contributed by atoms with E-state index in [2.05, 4.69) is 4.18 Å². The molecule has 0 spiro atoms. The summed E-state index contributed by atoms with van der Waals surface area (Å²) in [4.78, 5) is 10.2. The molecule has 0 aromatic carbocycles. The first-order valence-corrected chi connectivity index (χ1v) is 5.02. The molecule has 0 N–H and O–H groups in total. The van der Waals surface area contributed by atoms with Crippen molar-refractivity contribution >= 4 is 16.4 Å². The molecule has 11 heavy (non-hydrogen) atoms. The topological polar surface area (TPSA) is 60.4 Å². The minimum absolute atomic E-state index is 0.123. The Morgan fingerprint density at radius 1 is 1.36 bits per heavy atom. The van der Waals surface area contributed by atoms with Gasteiger partial charge in [-0.1, -0.05) is 13.8 Å².